The molecule has 5 aromatic rings. The van der Waals surface area contributed by atoms with Crippen molar-refractivity contribution in [2.45, 2.75) is 0 Å². The Kier molecular flexibility index (Phi) is 6.32. The van der Waals surface area contributed by atoms with Gasteiger partial charge in [0.1, 0.15) is 0 Å². The molecule has 13 heteroatoms. The molecule has 0 aromatic heterocycles. The molecule has 0 amide bonds. The molecular formula is C26H8BF10O2. The predicted octanol–water partition coefficient (Wildman–Crippen LogP) is 6.71. The molecule has 0 aliphatic heterocycles. The summed E-state index contributed by atoms with van der Waals surface area (Å²) in [7, 11) is 0. The van der Waals surface area contributed by atoms with Gasteiger partial charge in [0.25, 0.3) is 0 Å². The van der Waals surface area contributed by atoms with E-state index in [1.54, 1.807) is 6.07 Å². The van der Waals surface area contributed by atoms with Crippen LogP contribution in [0.3, 0.4) is 0 Å². The number of hydrogen-bond acceptors (Lipinski definition) is 1. The first kappa shape index (κ1) is 26.2. The molecule has 0 unspecified atom stereocenters. The third-order valence-electron chi connectivity index (χ3n) is 6.09. The average molecular weight is 553 g/mol. The van der Waals surface area contributed by atoms with E-state index in [9.17, 15) is 49.0 Å². The lowest BCUT2D eigenvalue weighted by Crippen LogP contribution is -2.55. The van der Waals surface area contributed by atoms with Crippen molar-refractivity contribution in [3.8, 4) is 11.5 Å². The minimum atomic E-state index is -3.21. The third-order valence-corrected chi connectivity index (χ3v) is 6.09. The fraction of sp³-hybridized carbons (Fsp3) is 0. The molecule has 5 rings (SSSR count). The van der Waals surface area contributed by atoms with E-state index >= 15 is 0 Å². The molecule has 0 saturated heterocycles. The summed E-state index contributed by atoms with van der Waals surface area (Å²) in [5.74, 6) is -28.4. The SMILES string of the molecule is [O]c1c(OB(c2c(F)c(F)c(F)c(F)c2F)c2c(F)c(F)c(F)c(F)c2F)c2ccccc2c2ccccc12. The Labute approximate surface area is 211 Å². The van der Waals surface area contributed by atoms with Gasteiger partial charge in [0.2, 0.25) is 5.75 Å². The molecule has 1 radical (unpaired) electrons. The molecule has 2 nitrogen and oxygen atoms in total. The number of benzene rings is 5. The number of rotatable bonds is 4. The van der Waals surface area contributed by atoms with Gasteiger partial charge in [-0.25, -0.2) is 43.9 Å². The molecule has 197 valence electrons. The van der Waals surface area contributed by atoms with Crippen LogP contribution in [0.1, 0.15) is 0 Å². The highest BCUT2D eigenvalue weighted by Crippen LogP contribution is 2.43. The molecule has 0 spiro atoms. The first-order valence-electron chi connectivity index (χ1n) is 10.8. The van der Waals surface area contributed by atoms with Gasteiger partial charge >= 0.3 is 6.92 Å². The van der Waals surface area contributed by atoms with E-state index in [-0.39, 0.29) is 16.2 Å². The van der Waals surface area contributed by atoms with Gasteiger partial charge in [-0.2, -0.15) is 0 Å². The zero-order chi connectivity index (χ0) is 28.3. The minimum absolute atomic E-state index is 0.0974. The van der Waals surface area contributed by atoms with Crippen molar-refractivity contribution in [1.29, 1.82) is 0 Å². The van der Waals surface area contributed by atoms with Crippen LogP contribution < -0.4 is 15.6 Å². The fourth-order valence-corrected chi connectivity index (χ4v) is 4.28. The van der Waals surface area contributed by atoms with Crippen LogP contribution in [0.2, 0.25) is 0 Å². The van der Waals surface area contributed by atoms with Crippen molar-refractivity contribution in [2.75, 3.05) is 0 Å². The van der Waals surface area contributed by atoms with E-state index in [1.165, 1.54) is 42.5 Å². The highest BCUT2D eigenvalue weighted by atomic mass is 19.2. The number of fused-ring (bicyclic) bond motifs is 3. The van der Waals surface area contributed by atoms with E-state index < -0.39 is 87.5 Å². The Morgan fingerprint density at radius 2 is 0.744 bits per heavy atom. The Morgan fingerprint density at radius 3 is 1.15 bits per heavy atom. The van der Waals surface area contributed by atoms with Crippen LogP contribution in [0.15, 0.2) is 48.5 Å². The van der Waals surface area contributed by atoms with E-state index in [1.807, 2.05) is 0 Å². The van der Waals surface area contributed by atoms with E-state index in [0.29, 0.717) is 5.39 Å². The van der Waals surface area contributed by atoms with Crippen LogP contribution in [0.5, 0.6) is 11.5 Å². The van der Waals surface area contributed by atoms with E-state index in [4.69, 9.17) is 4.65 Å². The zero-order valence-electron chi connectivity index (χ0n) is 18.8. The van der Waals surface area contributed by atoms with Crippen molar-refractivity contribution in [3.05, 3.63) is 107 Å². The highest BCUT2D eigenvalue weighted by molar-refractivity contribution is 6.81. The molecular weight excluding hydrogens is 545 g/mol. The third kappa shape index (κ3) is 3.83. The second kappa shape index (κ2) is 9.40. The summed E-state index contributed by atoms with van der Waals surface area (Å²) in [4.78, 5) is 0. The van der Waals surface area contributed by atoms with Gasteiger partial charge in [0.15, 0.2) is 63.9 Å². The monoisotopic (exact) mass is 553 g/mol. The zero-order valence-corrected chi connectivity index (χ0v) is 18.8. The van der Waals surface area contributed by atoms with Crippen LogP contribution in [0.25, 0.3) is 21.5 Å². The largest absolute Gasteiger partial charge is 0.548 e. The number of hydrogen-bond donors (Lipinski definition) is 0. The molecule has 5 aromatic carbocycles. The molecule has 0 heterocycles. The Balaban J connectivity index is 1.91. The molecule has 39 heavy (non-hydrogen) atoms. The first-order chi connectivity index (χ1) is 18.5. The summed E-state index contributed by atoms with van der Waals surface area (Å²) in [6.07, 6.45) is 0. The van der Waals surface area contributed by atoms with E-state index in [2.05, 4.69) is 0 Å². The maximum atomic E-state index is 14.9. The summed E-state index contributed by atoms with van der Waals surface area (Å²) >= 11 is 0. The Bertz CT molecular complexity index is 1700. The lowest BCUT2D eigenvalue weighted by molar-refractivity contribution is 0.344. The molecule has 0 aliphatic rings. The quantitative estimate of drug-likeness (QED) is 0.0800. The topological polar surface area (TPSA) is 29.1 Å². The smallest absolute Gasteiger partial charge is 0.439 e. The second-order valence-corrected chi connectivity index (χ2v) is 8.21. The van der Waals surface area contributed by atoms with Crippen molar-refractivity contribution >= 4 is 39.4 Å². The van der Waals surface area contributed by atoms with Crippen LogP contribution >= 0.6 is 0 Å². The van der Waals surface area contributed by atoms with Gasteiger partial charge in [-0.15, -0.1) is 0 Å². The Hall–Kier alpha value is -4.42. The molecule has 0 atom stereocenters. The van der Waals surface area contributed by atoms with Crippen LogP contribution in [-0.2, 0) is 5.11 Å². The maximum Gasteiger partial charge on any atom is 0.439 e. The summed E-state index contributed by atoms with van der Waals surface area (Å²) in [5.41, 5.74) is -4.18. The van der Waals surface area contributed by atoms with Gasteiger partial charge in [0, 0.05) is 21.7 Å². The predicted molar refractivity (Wildman–Crippen MR) is 120 cm³/mol. The normalized spacial score (nSPS) is 11.4. The van der Waals surface area contributed by atoms with Crippen LogP contribution in [0, 0.1) is 58.2 Å². The molecule has 0 fully saturated rings. The fourth-order valence-electron chi connectivity index (χ4n) is 4.28. The lowest BCUT2D eigenvalue weighted by atomic mass is 9.54. The lowest BCUT2D eigenvalue weighted by Gasteiger charge is -2.22. The van der Waals surface area contributed by atoms with Crippen molar-refractivity contribution in [2.24, 2.45) is 0 Å². The maximum absolute atomic E-state index is 14.9. The summed E-state index contributed by atoms with van der Waals surface area (Å²) in [6, 6.07) is 11.3. The van der Waals surface area contributed by atoms with Crippen molar-refractivity contribution in [1.82, 2.24) is 0 Å². The number of halogens is 10. The molecule has 0 bridgehead atoms. The minimum Gasteiger partial charge on any atom is -0.548 e. The standard InChI is InChI=1S/C26H8BF10O2/c28-15-13(16(29)20(33)23(36)19(15)32)27(14-17(30)21(34)24(37)22(35)18(14)31)39-26-12-8-4-2-6-10(12)9-5-1-3-7-11(9)25(26)38/h1-8H. The van der Waals surface area contributed by atoms with Crippen LogP contribution in [-0.4, -0.2) is 6.92 Å². The average Bonchev–Trinajstić information content (AvgIpc) is 2.94. The van der Waals surface area contributed by atoms with Gasteiger partial charge in [-0.3, -0.25) is 5.11 Å². The second-order valence-electron chi connectivity index (χ2n) is 8.21. The first-order valence-corrected chi connectivity index (χ1v) is 10.8. The van der Waals surface area contributed by atoms with Crippen LogP contribution in [0.4, 0.5) is 43.9 Å². The Morgan fingerprint density at radius 1 is 0.436 bits per heavy atom. The summed E-state index contributed by atoms with van der Waals surface area (Å²) < 4.78 is 149. The van der Waals surface area contributed by atoms with Crippen molar-refractivity contribution in [3.63, 3.8) is 0 Å². The molecule has 0 saturated carbocycles. The van der Waals surface area contributed by atoms with Gasteiger partial charge in [-0.05, 0) is 10.8 Å². The highest BCUT2D eigenvalue weighted by Gasteiger charge is 2.43. The summed E-state index contributed by atoms with van der Waals surface area (Å²) in [6.45, 7) is -3.21. The molecule has 0 aliphatic carbocycles. The van der Waals surface area contributed by atoms with Gasteiger partial charge < -0.3 is 4.65 Å². The summed E-state index contributed by atoms with van der Waals surface area (Å²) in [5, 5.41) is 13.7. The molecule has 0 N–H and O–H groups in total. The van der Waals surface area contributed by atoms with Gasteiger partial charge in [-0.1, -0.05) is 48.5 Å². The van der Waals surface area contributed by atoms with Gasteiger partial charge in [0.05, 0.1) is 0 Å². The van der Waals surface area contributed by atoms with Crippen molar-refractivity contribution < 1.29 is 53.7 Å². The van der Waals surface area contributed by atoms with E-state index in [0.717, 1.165) is 0 Å².